The minimum absolute atomic E-state index is 0. The van der Waals surface area contributed by atoms with Crippen molar-refractivity contribution in [2.45, 2.75) is 37.6 Å². The molecule has 1 saturated carbocycles. The fraction of sp³-hybridized carbons (Fsp3) is 0.500. The Kier molecular flexibility index (Phi) is 5.08. The van der Waals surface area contributed by atoms with Gasteiger partial charge < -0.3 is 5.73 Å². The van der Waals surface area contributed by atoms with Gasteiger partial charge in [-0.1, -0.05) is 12.1 Å². The lowest BCUT2D eigenvalue weighted by Crippen LogP contribution is -2.25. The number of hydrogen-bond donors (Lipinski definition) is 1. The third-order valence-corrected chi connectivity index (χ3v) is 3.35. The maximum atomic E-state index is 10.5. The molecule has 1 aliphatic rings. The standard InChI is InChI=1S/C12H16N2O2.BrH/c13-11-5-1-9(2-6-11)10-3-7-12(8-4-10)14(15)16;/h3-4,7-9,11H,1-2,5-6,13H2;1H. The minimum Gasteiger partial charge on any atom is -0.328 e. The van der Waals surface area contributed by atoms with Gasteiger partial charge in [0.1, 0.15) is 0 Å². The Morgan fingerprint density at radius 3 is 2.12 bits per heavy atom. The molecule has 94 valence electrons. The highest BCUT2D eigenvalue weighted by Crippen LogP contribution is 2.32. The fourth-order valence-corrected chi connectivity index (χ4v) is 2.32. The van der Waals surface area contributed by atoms with E-state index in [0.29, 0.717) is 12.0 Å². The van der Waals surface area contributed by atoms with Crippen LogP contribution in [-0.4, -0.2) is 11.0 Å². The van der Waals surface area contributed by atoms with Gasteiger partial charge in [0.15, 0.2) is 0 Å². The maximum Gasteiger partial charge on any atom is 0.269 e. The van der Waals surface area contributed by atoms with E-state index in [9.17, 15) is 10.1 Å². The van der Waals surface area contributed by atoms with Crippen molar-refractivity contribution < 1.29 is 4.92 Å². The fourth-order valence-electron chi connectivity index (χ4n) is 2.32. The van der Waals surface area contributed by atoms with E-state index in [0.717, 1.165) is 25.7 Å². The van der Waals surface area contributed by atoms with Crippen molar-refractivity contribution >= 4 is 22.7 Å². The topological polar surface area (TPSA) is 69.2 Å². The zero-order valence-corrected chi connectivity index (χ0v) is 11.3. The van der Waals surface area contributed by atoms with E-state index in [1.54, 1.807) is 12.1 Å². The van der Waals surface area contributed by atoms with E-state index in [2.05, 4.69) is 0 Å². The van der Waals surface area contributed by atoms with Gasteiger partial charge in [0.05, 0.1) is 4.92 Å². The van der Waals surface area contributed by atoms with Gasteiger partial charge in [-0.05, 0) is 37.2 Å². The molecular formula is C12H17BrN2O2. The molecule has 0 radical (unpaired) electrons. The molecule has 0 spiro atoms. The Bertz CT molecular complexity index is 373. The Labute approximate surface area is 111 Å². The molecule has 1 aromatic carbocycles. The zero-order valence-electron chi connectivity index (χ0n) is 9.54. The van der Waals surface area contributed by atoms with E-state index in [4.69, 9.17) is 5.73 Å². The summed E-state index contributed by atoms with van der Waals surface area (Å²) in [7, 11) is 0. The Balaban J connectivity index is 0.00000144. The summed E-state index contributed by atoms with van der Waals surface area (Å²) in [6.07, 6.45) is 4.31. The molecular weight excluding hydrogens is 284 g/mol. The van der Waals surface area contributed by atoms with Crippen molar-refractivity contribution in [3.05, 3.63) is 39.9 Å². The van der Waals surface area contributed by atoms with E-state index < -0.39 is 0 Å². The number of benzene rings is 1. The molecule has 0 atom stereocenters. The Morgan fingerprint density at radius 1 is 1.12 bits per heavy atom. The number of nitro benzene ring substituents is 1. The molecule has 0 bridgehead atoms. The maximum absolute atomic E-state index is 10.5. The number of non-ortho nitro benzene ring substituents is 1. The van der Waals surface area contributed by atoms with Gasteiger partial charge in [-0.3, -0.25) is 10.1 Å². The highest BCUT2D eigenvalue weighted by atomic mass is 79.9. The smallest absolute Gasteiger partial charge is 0.269 e. The summed E-state index contributed by atoms with van der Waals surface area (Å²) in [5.41, 5.74) is 7.22. The molecule has 2 N–H and O–H groups in total. The minimum atomic E-state index is -0.361. The quantitative estimate of drug-likeness (QED) is 0.674. The summed E-state index contributed by atoms with van der Waals surface area (Å²) in [5.74, 6) is 0.528. The van der Waals surface area contributed by atoms with Crippen molar-refractivity contribution in [1.82, 2.24) is 0 Å². The zero-order chi connectivity index (χ0) is 11.5. The average Bonchev–Trinajstić information content (AvgIpc) is 2.30. The van der Waals surface area contributed by atoms with Gasteiger partial charge in [0.25, 0.3) is 5.69 Å². The lowest BCUT2D eigenvalue weighted by atomic mass is 9.82. The summed E-state index contributed by atoms with van der Waals surface area (Å²) < 4.78 is 0. The average molecular weight is 301 g/mol. The van der Waals surface area contributed by atoms with Gasteiger partial charge in [0, 0.05) is 18.2 Å². The second-order valence-corrected chi connectivity index (χ2v) is 4.46. The second kappa shape index (κ2) is 6.12. The molecule has 0 saturated heterocycles. The molecule has 0 unspecified atom stereocenters. The van der Waals surface area contributed by atoms with Crippen LogP contribution in [0.2, 0.25) is 0 Å². The number of nitrogens with zero attached hydrogens (tertiary/aromatic N) is 1. The van der Waals surface area contributed by atoms with E-state index in [1.807, 2.05) is 12.1 Å². The Hall–Kier alpha value is -0.940. The molecule has 4 nitrogen and oxygen atoms in total. The first kappa shape index (κ1) is 14.1. The number of halogens is 1. The van der Waals surface area contributed by atoms with Crippen LogP contribution in [0, 0.1) is 10.1 Å². The molecule has 0 amide bonds. The lowest BCUT2D eigenvalue weighted by molar-refractivity contribution is -0.384. The number of nitro groups is 1. The summed E-state index contributed by atoms with van der Waals surface area (Å²) >= 11 is 0. The van der Waals surface area contributed by atoms with Crippen LogP contribution >= 0.6 is 17.0 Å². The van der Waals surface area contributed by atoms with Gasteiger partial charge in [-0.2, -0.15) is 0 Å². The van der Waals surface area contributed by atoms with E-state index >= 15 is 0 Å². The van der Waals surface area contributed by atoms with Crippen molar-refractivity contribution in [3.8, 4) is 0 Å². The molecule has 1 fully saturated rings. The van der Waals surface area contributed by atoms with Gasteiger partial charge >= 0.3 is 0 Å². The number of nitrogens with two attached hydrogens (primary N) is 1. The van der Waals surface area contributed by atoms with Crippen LogP contribution in [-0.2, 0) is 0 Å². The molecule has 1 aromatic rings. The van der Waals surface area contributed by atoms with Crippen LogP contribution in [0.1, 0.15) is 37.2 Å². The van der Waals surface area contributed by atoms with Crippen LogP contribution in [0.25, 0.3) is 0 Å². The van der Waals surface area contributed by atoms with Crippen molar-refractivity contribution in [1.29, 1.82) is 0 Å². The van der Waals surface area contributed by atoms with Crippen molar-refractivity contribution in [2.24, 2.45) is 5.73 Å². The van der Waals surface area contributed by atoms with Gasteiger partial charge in [0.2, 0.25) is 0 Å². The summed E-state index contributed by atoms with van der Waals surface area (Å²) in [6, 6.07) is 7.27. The molecule has 0 heterocycles. The first-order valence-corrected chi connectivity index (χ1v) is 5.67. The Morgan fingerprint density at radius 2 is 1.65 bits per heavy atom. The number of rotatable bonds is 2. The summed E-state index contributed by atoms with van der Waals surface area (Å²) in [5, 5.41) is 10.5. The van der Waals surface area contributed by atoms with E-state index in [-0.39, 0.29) is 27.6 Å². The van der Waals surface area contributed by atoms with Crippen LogP contribution in [0.4, 0.5) is 5.69 Å². The first-order chi connectivity index (χ1) is 7.66. The molecule has 5 heteroatoms. The molecule has 0 aromatic heterocycles. The normalized spacial score (nSPS) is 23.8. The van der Waals surface area contributed by atoms with Crippen LogP contribution in [0.5, 0.6) is 0 Å². The highest BCUT2D eigenvalue weighted by molar-refractivity contribution is 8.93. The molecule has 1 aliphatic carbocycles. The van der Waals surface area contributed by atoms with Crippen molar-refractivity contribution in [2.75, 3.05) is 0 Å². The summed E-state index contributed by atoms with van der Waals surface area (Å²) in [4.78, 5) is 10.2. The van der Waals surface area contributed by atoms with Crippen LogP contribution < -0.4 is 5.73 Å². The lowest BCUT2D eigenvalue weighted by Gasteiger charge is -2.26. The predicted molar refractivity (Wildman–Crippen MR) is 72.6 cm³/mol. The van der Waals surface area contributed by atoms with E-state index in [1.165, 1.54) is 5.56 Å². The molecule has 17 heavy (non-hydrogen) atoms. The molecule has 2 rings (SSSR count). The largest absolute Gasteiger partial charge is 0.328 e. The second-order valence-electron chi connectivity index (χ2n) is 4.46. The molecule has 0 aliphatic heterocycles. The van der Waals surface area contributed by atoms with Gasteiger partial charge in [-0.25, -0.2) is 0 Å². The monoisotopic (exact) mass is 300 g/mol. The third-order valence-electron chi connectivity index (χ3n) is 3.35. The predicted octanol–water partition coefficient (Wildman–Crippen LogP) is 3.16. The number of hydrogen-bond acceptors (Lipinski definition) is 3. The first-order valence-electron chi connectivity index (χ1n) is 5.67. The van der Waals surface area contributed by atoms with Crippen LogP contribution in [0.15, 0.2) is 24.3 Å². The van der Waals surface area contributed by atoms with Gasteiger partial charge in [-0.15, -0.1) is 17.0 Å². The van der Waals surface area contributed by atoms with Crippen molar-refractivity contribution in [3.63, 3.8) is 0 Å². The third kappa shape index (κ3) is 3.51. The SMILES string of the molecule is Br.NC1CCC(c2ccc([N+](=O)[O-])cc2)CC1. The summed E-state index contributed by atoms with van der Waals surface area (Å²) in [6.45, 7) is 0. The highest BCUT2D eigenvalue weighted by Gasteiger charge is 2.20. The van der Waals surface area contributed by atoms with Crippen LogP contribution in [0.3, 0.4) is 0 Å².